The molecule has 1 fully saturated rings. The van der Waals surface area contributed by atoms with Crippen LogP contribution in [0.5, 0.6) is 5.88 Å². The van der Waals surface area contributed by atoms with E-state index in [0.717, 1.165) is 31.9 Å². The van der Waals surface area contributed by atoms with E-state index >= 15 is 0 Å². The normalized spacial score (nSPS) is 16.8. The average molecular weight is 343 g/mol. The van der Waals surface area contributed by atoms with Crippen LogP contribution in [0, 0.1) is 0 Å². The van der Waals surface area contributed by atoms with Crippen LogP contribution in [0.3, 0.4) is 0 Å². The Morgan fingerprint density at radius 3 is 2.52 bits per heavy atom. The number of hydrogen-bond acceptors (Lipinski definition) is 5. The molecular formula is C19H25N3O3. The molecule has 1 aliphatic heterocycles. The Kier molecular flexibility index (Phi) is 5.83. The first-order chi connectivity index (χ1) is 12.1. The first-order valence-electron chi connectivity index (χ1n) is 8.75. The zero-order valence-corrected chi connectivity index (χ0v) is 14.8. The lowest BCUT2D eigenvalue weighted by Crippen LogP contribution is -2.42. The predicted molar refractivity (Wildman–Crippen MR) is 96.1 cm³/mol. The molecule has 134 valence electrons. The summed E-state index contributed by atoms with van der Waals surface area (Å²) >= 11 is 0. The number of rotatable bonds is 6. The lowest BCUT2D eigenvalue weighted by molar-refractivity contribution is 0.0326. The summed E-state index contributed by atoms with van der Waals surface area (Å²) in [7, 11) is 0. The Balaban J connectivity index is 1.94. The highest BCUT2D eigenvalue weighted by Crippen LogP contribution is 2.19. The van der Waals surface area contributed by atoms with Crippen LogP contribution in [0.1, 0.15) is 25.5 Å². The van der Waals surface area contributed by atoms with Crippen LogP contribution in [0.4, 0.5) is 0 Å². The Morgan fingerprint density at radius 1 is 1.12 bits per heavy atom. The molecule has 1 atom stereocenters. The molecule has 25 heavy (non-hydrogen) atoms. The predicted octanol–water partition coefficient (Wildman–Crippen LogP) is 1.95. The topological polar surface area (TPSA) is 56.6 Å². The Morgan fingerprint density at radius 2 is 1.84 bits per heavy atom. The van der Waals surface area contributed by atoms with E-state index in [9.17, 15) is 4.79 Å². The van der Waals surface area contributed by atoms with E-state index in [1.54, 1.807) is 10.7 Å². The average Bonchev–Trinajstić information content (AvgIpc) is 2.63. The quantitative estimate of drug-likeness (QED) is 0.802. The first kappa shape index (κ1) is 17.6. The van der Waals surface area contributed by atoms with Crippen molar-refractivity contribution in [3.63, 3.8) is 0 Å². The summed E-state index contributed by atoms with van der Waals surface area (Å²) in [6, 6.07) is 13.0. The molecule has 0 radical (unpaired) electrons. The lowest BCUT2D eigenvalue weighted by Gasteiger charge is -2.31. The van der Waals surface area contributed by atoms with E-state index in [1.807, 2.05) is 44.2 Å². The molecule has 0 saturated carbocycles. The van der Waals surface area contributed by atoms with Crippen LogP contribution in [0.2, 0.25) is 0 Å². The summed E-state index contributed by atoms with van der Waals surface area (Å²) < 4.78 is 12.7. The van der Waals surface area contributed by atoms with Gasteiger partial charge in [-0.3, -0.25) is 9.69 Å². The molecule has 6 nitrogen and oxygen atoms in total. The number of ether oxygens (including phenoxy) is 2. The van der Waals surface area contributed by atoms with Crippen molar-refractivity contribution in [3.8, 4) is 5.88 Å². The van der Waals surface area contributed by atoms with Crippen LogP contribution in [-0.2, 0) is 4.74 Å². The number of morpholine rings is 1. The van der Waals surface area contributed by atoms with E-state index in [1.165, 1.54) is 6.07 Å². The third kappa shape index (κ3) is 4.67. The van der Waals surface area contributed by atoms with Crippen LogP contribution in [-0.4, -0.2) is 53.6 Å². The molecule has 1 aliphatic rings. The summed E-state index contributed by atoms with van der Waals surface area (Å²) in [4.78, 5) is 14.8. The van der Waals surface area contributed by atoms with E-state index in [2.05, 4.69) is 10.00 Å². The van der Waals surface area contributed by atoms with Crippen molar-refractivity contribution >= 4 is 0 Å². The Bertz CT molecular complexity index is 724. The molecule has 1 aromatic heterocycles. The summed E-state index contributed by atoms with van der Waals surface area (Å²) in [6.07, 6.45) is 0.00729. The molecule has 0 aliphatic carbocycles. The molecule has 2 aromatic rings. The number of hydrogen-bond donors (Lipinski definition) is 0. The zero-order chi connectivity index (χ0) is 17.6. The summed E-state index contributed by atoms with van der Waals surface area (Å²) in [5, 5.41) is 4.48. The minimum Gasteiger partial charge on any atom is -0.474 e. The molecule has 2 heterocycles. The van der Waals surface area contributed by atoms with Gasteiger partial charge >= 0.3 is 0 Å². The Hall–Kier alpha value is -2.18. The second-order valence-corrected chi connectivity index (χ2v) is 6.46. The van der Waals surface area contributed by atoms with Crippen LogP contribution >= 0.6 is 0 Å². The van der Waals surface area contributed by atoms with E-state index < -0.39 is 0 Å². The maximum Gasteiger partial charge on any atom is 0.267 e. The zero-order valence-electron chi connectivity index (χ0n) is 14.8. The SMILES string of the molecule is CC(C)Oc1ccc(=O)n(C(CN2CCOCC2)c2ccccc2)n1. The van der Waals surface area contributed by atoms with Crippen LogP contribution < -0.4 is 10.3 Å². The molecule has 6 heteroatoms. The van der Waals surface area contributed by atoms with Crippen molar-refractivity contribution in [1.29, 1.82) is 0 Å². The van der Waals surface area contributed by atoms with Gasteiger partial charge in [0.05, 0.1) is 25.4 Å². The van der Waals surface area contributed by atoms with E-state index in [0.29, 0.717) is 12.4 Å². The number of aromatic nitrogens is 2. The van der Waals surface area contributed by atoms with Gasteiger partial charge in [-0.05, 0) is 19.4 Å². The molecule has 1 saturated heterocycles. The van der Waals surface area contributed by atoms with Gasteiger partial charge < -0.3 is 9.47 Å². The molecule has 1 aromatic carbocycles. The van der Waals surface area contributed by atoms with Gasteiger partial charge in [-0.15, -0.1) is 5.10 Å². The van der Waals surface area contributed by atoms with Crippen LogP contribution in [0.15, 0.2) is 47.3 Å². The lowest BCUT2D eigenvalue weighted by atomic mass is 10.1. The molecule has 0 N–H and O–H groups in total. The molecule has 0 amide bonds. The maximum atomic E-state index is 12.5. The van der Waals surface area contributed by atoms with Gasteiger partial charge in [0.2, 0.25) is 5.88 Å². The van der Waals surface area contributed by atoms with Gasteiger partial charge in [0, 0.05) is 31.8 Å². The fraction of sp³-hybridized carbons (Fsp3) is 0.474. The van der Waals surface area contributed by atoms with Gasteiger partial charge in [0.1, 0.15) is 0 Å². The molecule has 3 rings (SSSR count). The smallest absolute Gasteiger partial charge is 0.267 e. The molecule has 0 spiro atoms. The highest BCUT2D eigenvalue weighted by atomic mass is 16.5. The number of nitrogens with zero attached hydrogens (tertiary/aromatic N) is 3. The highest BCUT2D eigenvalue weighted by molar-refractivity contribution is 5.21. The monoisotopic (exact) mass is 343 g/mol. The summed E-state index contributed by atoms with van der Waals surface area (Å²) in [5.74, 6) is 0.470. The highest BCUT2D eigenvalue weighted by Gasteiger charge is 2.22. The number of benzene rings is 1. The minimum atomic E-state index is -0.164. The second kappa shape index (κ2) is 8.27. The van der Waals surface area contributed by atoms with Crippen molar-refractivity contribution in [2.45, 2.75) is 26.0 Å². The fourth-order valence-electron chi connectivity index (χ4n) is 2.96. The van der Waals surface area contributed by atoms with Crippen molar-refractivity contribution in [3.05, 3.63) is 58.4 Å². The Labute approximate surface area is 148 Å². The van der Waals surface area contributed by atoms with Crippen molar-refractivity contribution < 1.29 is 9.47 Å². The largest absolute Gasteiger partial charge is 0.474 e. The van der Waals surface area contributed by atoms with Crippen LogP contribution in [0.25, 0.3) is 0 Å². The van der Waals surface area contributed by atoms with Gasteiger partial charge in [-0.25, -0.2) is 4.68 Å². The van der Waals surface area contributed by atoms with E-state index in [-0.39, 0.29) is 17.7 Å². The van der Waals surface area contributed by atoms with Gasteiger partial charge in [-0.2, -0.15) is 0 Å². The van der Waals surface area contributed by atoms with Crippen molar-refractivity contribution in [2.24, 2.45) is 0 Å². The third-order valence-corrected chi connectivity index (χ3v) is 4.17. The van der Waals surface area contributed by atoms with Gasteiger partial charge in [-0.1, -0.05) is 30.3 Å². The maximum absolute atomic E-state index is 12.5. The second-order valence-electron chi connectivity index (χ2n) is 6.46. The fourth-order valence-corrected chi connectivity index (χ4v) is 2.96. The minimum absolute atomic E-state index is 0.00729. The summed E-state index contributed by atoms with van der Waals surface area (Å²) in [6.45, 7) is 7.77. The molecule has 1 unspecified atom stereocenters. The first-order valence-corrected chi connectivity index (χ1v) is 8.75. The van der Waals surface area contributed by atoms with Crippen molar-refractivity contribution in [2.75, 3.05) is 32.8 Å². The summed E-state index contributed by atoms with van der Waals surface area (Å²) in [5.41, 5.74) is 0.934. The standard InChI is InChI=1S/C19H25N3O3/c1-15(2)25-18-8-9-19(23)22(20-18)17(16-6-4-3-5-7-16)14-21-10-12-24-13-11-21/h3-9,15,17H,10-14H2,1-2H3. The third-order valence-electron chi connectivity index (χ3n) is 4.17. The molecule has 0 bridgehead atoms. The van der Waals surface area contributed by atoms with Crippen molar-refractivity contribution in [1.82, 2.24) is 14.7 Å². The van der Waals surface area contributed by atoms with Gasteiger partial charge in [0.25, 0.3) is 5.56 Å². The molecular weight excluding hydrogens is 318 g/mol. The van der Waals surface area contributed by atoms with Gasteiger partial charge in [0.15, 0.2) is 0 Å². The van der Waals surface area contributed by atoms with E-state index in [4.69, 9.17) is 9.47 Å².